The van der Waals surface area contributed by atoms with E-state index in [1.165, 1.54) is 11.1 Å². The van der Waals surface area contributed by atoms with Crippen LogP contribution in [0.3, 0.4) is 0 Å². The van der Waals surface area contributed by atoms with Crippen LogP contribution in [-0.2, 0) is 17.8 Å². The average Bonchev–Trinajstić information content (AvgIpc) is 2.69. The third-order valence-electron chi connectivity index (χ3n) is 4.36. The zero-order valence-corrected chi connectivity index (χ0v) is 17.5. The molecule has 0 aromatic heterocycles. The summed E-state index contributed by atoms with van der Waals surface area (Å²) < 4.78 is 39.8. The molecule has 150 valence electrons. The van der Waals surface area contributed by atoms with Gasteiger partial charge in [-0.2, -0.15) is 0 Å². The molecule has 1 aliphatic rings. The number of amides is 1. The van der Waals surface area contributed by atoms with Gasteiger partial charge < -0.3 is 15.5 Å². The van der Waals surface area contributed by atoms with Gasteiger partial charge in [0.15, 0.2) is 23.4 Å². The Kier molecular flexibility index (Phi) is 7.67. The van der Waals surface area contributed by atoms with Crippen molar-refractivity contribution < 1.29 is 18.0 Å². The summed E-state index contributed by atoms with van der Waals surface area (Å²) in [7, 11) is 1.61. The number of anilines is 1. The quantitative estimate of drug-likeness (QED) is 0.292. The van der Waals surface area contributed by atoms with Gasteiger partial charge in [-0.05, 0) is 29.7 Å². The Hall–Kier alpha value is -2.30. The fourth-order valence-corrected chi connectivity index (χ4v) is 2.98. The SMILES string of the molecule is CN=C(NCC(=O)Nc1ccc(F)c(F)c1F)N1CCc2ccccc2C1.I. The minimum absolute atomic E-state index is 0. The van der Waals surface area contributed by atoms with Crippen LogP contribution in [0.1, 0.15) is 11.1 Å². The fourth-order valence-electron chi connectivity index (χ4n) is 2.98. The van der Waals surface area contributed by atoms with Crippen LogP contribution in [0, 0.1) is 17.5 Å². The first kappa shape index (κ1) is 22.0. The number of nitrogens with one attached hydrogen (secondary N) is 2. The van der Waals surface area contributed by atoms with Crippen LogP contribution < -0.4 is 10.6 Å². The molecule has 0 spiro atoms. The number of carbonyl (C=O) groups is 1. The van der Waals surface area contributed by atoms with E-state index in [-0.39, 0.29) is 30.5 Å². The van der Waals surface area contributed by atoms with Gasteiger partial charge in [0.1, 0.15) is 0 Å². The van der Waals surface area contributed by atoms with Crippen LogP contribution in [0.5, 0.6) is 0 Å². The highest BCUT2D eigenvalue weighted by Crippen LogP contribution is 2.20. The van der Waals surface area contributed by atoms with Crippen LogP contribution in [0.2, 0.25) is 0 Å². The molecule has 0 bridgehead atoms. The van der Waals surface area contributed by atoms with E-state index in [0.717, 1.165) is 25.1 Å². The highest BCUT2D eigenvalue weighted by molar-refractivity contribution is 14.0. The van der Waals surface area contributed by atoms with Crippen molar-refractivity contribution in [2.24, 2.45) is 4.99 Å². The predicted molar refractivity (Wildman–Crippen MR) is 112 cm³/mol. The molecular weight excluding hydrogens is 484 g/mol. The minimum atomic E-state index is -1.62. The van der Waals surface area contributed by atoms with E-state index in [1.807, 2.05) is 23.1 Å². The Morgan fingerprint density at radius 3 is 2.54 bits per heavy atom. The lowest BCUT2D eigenvalue weighted by Crippen LogP contribution is -2.46. The molecule has 3 rings (SSSR count). The summed E-state index contributed by atoms with van der Waals surface area (Å²) in [6.07, 6.45) is 0.864. The molecule has 9 heteroatoms. The van der Waals surface area contributed by atoms with Gasteiger partial charge in [0.2, 0.25) is 5.91 Å². The first-order valence-corrected chi connectivity index (χ1v) is 8.45. The molecule has 1 aliphatic heterocycles. The topological polar surface area (TPSA) is 56.7 Å². The standard InChI is InChI=1S/C19H19F3N4O.HI/c1-23-19(26-9-8-12-4-2-3-5-13(12)11-26)24-10-16(27)25-15-7-6-14(20)17(21)18(15)22;/h2-7H,8-11H2,1H3,(H,23,24)(H,25,27);1H. The second-order valence-electron chi connectivity index (χ2n) is 6.11. The van der Waals surface area contributed by atoms with E-state index < -0.39 is 29.0 Å². The summed E-state index contributed by atoms with van der Waals surface area (Å²) in [4.78, 5) is 18.2. The van der Waals surface area contributed by atoms with E-state index in [1.54, 1.807) is 7.05 Å². The van der Waals surface area contributed by atoms with E-state index >= 15 is 0 Å². The number of benzene rings is 2. The van der Waals surface area contributed by atoms with Gasteiger partial charge in [0.05, 0.1) is 12.2 Å². The van der Waals surface area contributed by atoms with Crippen molar-refractivity contribution in [1.82, 2.24) is 10.2 Å². The van der Waals surface area contributed by atoms with Crippen LogP contribution in [-0.4, -0.2) is 36.9 Å². The Balaban J connectivity index is 0.00000280. The third kappa shape index (κ3) is 4.94. The van der Waals surface area contributed by atoms with Crippen LogP contribution in [0.25, 0.3) is 0 Å². The lowest BCUT2D eigenvalue weighted by Gasteiger charge is -2.31. The van der Waals surface area contributed by atoms with Gasteiger partial charge in [-0.15, -0.1) is 24.0 Å². The fraction of sp³-hybridized carbons (Fsp3) is 0.263. The Labute approximate surface area is 178 Å². The average molecular weight is 504 g/mol. The van der Waals surface area contributed by atoms with Gasteiger partial charge in [-0.3, -0.25) is 9.79 Å². The normalized spacial score (nSPS) is 13.4. The van der Waals surface area contributed by atoms with E-state index in [9.17, 15) is 18.0 Å². The molecule has 1 amide bonds. The summed E-state index contributed by atoms with van der Waals surface area (Å²) in [5.41, 5.74) is 2.07. The molecular formula is C19H20F3IN4O. The van der Waals surface area contributed by atoms with Crippen molar-refractivity contribution in [3.63, 3.8) is 0 Å². The number of aliphatic imine (C=N–C) groups is 1. The zero-order chi connectivity index (χ0) is 19.4. The van der Waals surface area contributed by atoms with E-state index in [0.29, 0.717) is 12.5 Å². The Bertz CT molecular complexity index is 891. The maximum Gasteiger partial charge on any atom is 0.243 e. The second-order valence-corrected chi connectivity index (χ2v) is 6.11. The number of nitrogens with zero attached hydrogens (tertiary/aromatic N) is 2. The molecule has 0 atom stereocenters. The Morgan fingerprint density at radius 2 is 1.82 bits per heavy atom. The summed E-state index contributed by atoms with van der Waals surface area (Å²) >= 11 is 0. The maximum atomic E-state index is 13.6. The molecule has 0 aliphatic carbocycles. The van der Waals surface area contributed by atoms with Crippen LogP contribution >= 0.6 is 24.0 Å². The largest absolute Gasteiger partial charge is 0.347 e. The van der Waals surface area contributed by atoms with Crippen molar-refractivity contribution >= 4 is 41.5 Å². The molecule has 5 nitrogen and oxygen atoms in total. The van der Waals surface area contributed by atoms with Gasteiger partial charge in [-0.25, -0.2) is 13.2 Å². The highest BCUT2D eigenvalue weighted by Gasteiger charge is 2.20. The molecule has 28 heavy (non-hydrogen) atoms. The zero-order valence-electron chi connectivity index (χ0n) is 15.1. The molecule has 0 saturated carbocycles. The monoisotopic (exact) mass is 504 g/mol. The summed E-state index contributed by atoms with van der Waals surface area (Å²) in [6, 6.07) is 9.85. The first-order chi connectivity index (χ1) is 13.0. The summed E-state index contributed by atoms with van der Waals surface area (Å²) in [6.45, 7) is 1.22. The molecule has 0 radical (unpaired) electrons. The molecule has 1 heterocycles. The van der Waals surface area contributed by atoms with Gasteiger partial charge in [-0.1, -0.05) is 24.3 Å². The molecule has 2 aromatic rings. The lowest BCUT2D eigenvalue weighted by molar-refractivity contribution is -0.115. The molecule has 0 unspecified atom stereocenters. The third-order valence-corrected chi connectivity index (χ3v) is 4.36. The highest BCUT2D eigenvalue weighted by atomic mass is 127. The van der Waals surface area contributed by atoms with E-state index in [4.69, 9.17) is 0 Å². The first-order valence-electron chi connectivity index (χ1n) is 8.45. The number of carbonyl (C=O) groups excluding carboxylic acids is 1. The molecule has 2 N–H and O–H groups in total. The molecule has 2 aromatic carbocycles. The summed E-state index contributed by atoms with van der Waals surface area (Å²) in [5, 5.41) is 5.13. The lowest BCUT2D eigenvalue weighted by atomic mass is 10.0. The number of hydrogen-bond donors (Lipinski definition) is 2. The van der Waals surface area contributed by atoms with Gasteiger partial charge in [0.25, 0.3) is 0 Å². The van der Waals surface area contributed by atoms with Crippen molar-refractivity contribution in [1.29, 1.82) is 0 Å². The van der Waals surface area contributed by atoms with Crippen molar-refractivity contribution in [2.75, 3.05) is 25.5 Å². The van der Waals surface area contributed by atoms with Gasteiger partial charge >= 0.3 is 0 Å². The maximum absolute atomic E-state index is 13.6. The van der Waals surface area contributed by atoms with Crippen LogP contribution in [0.4, 0.5) is 18.9 Å². The number of guanidine groups is 1. The van der Waals surface area contributed by atoms with Gasteiger partial charge in [0, 0.05) is 20.1 Å². The minimum Gasteiger partial charge on any atom is -0.347 e. The number of rotatable bonds is 3. The number of fused-ring (bicyclic) bond motifs is 1. The predicted octanol–water partition coefficient (Wildman–Crippen LogP) is 3.29. The summed E-state index contributed by atoms with van der Waals surface area (Å²) in [5.74, 6) is -4.43. The van der Waals surface area contributed by atoms with Crippen molar-refractivity contribution in [3.05, 3.63) is 65.0 Å². The molecule has 0 saturated heterocycles. The molecule has 0 fully saturated rings. The number of halogens is 4. The van der Waals surface area contributed by atoms with Crippen molar-refractivity contribution in [2.45, 2.75) is 13.0 Å². The smallest absolute Gasteiger partial charge is 0.243 e. The van der Waals surface area contributed by atoms with E-state index in [2.05, 4.69) is 21.7 Å². The van der Waals surface area contributed by atoms with Crippen LogP contribution in [0.15, 0.2) is 41.4 Å². The second kappa shape index (κ2) is 9.76. The Morgan fingerprint density at radius 1 is 1.11 bits per heavy atom. The van der Waals surface area contributed by atoms with Crippen molar-refractivity contribution in [3.8, 4) is 0 Å². The number of hydrogen-bond acceptors (Lipinski definition) is 2.